The number of anilines is 6. The van der Waals surface area contributed by atoms with E-state index in [2.05, 4.69) is 240 Å². The Hall–Kier alpha value is -7.42. The lowest BCUT2D eigenvalue weighted by atomic mass is 9.90. The Morgan fingerprint density at radius 1 is 0.214 bits per heavy atom. The van der Waals surface area contributed by atoms with Gasteiger partial charge in [-0.25, -0.2) is 0 Å². The second-order valence-corrected chi connectivity index (χ2v) is 14.2. The first kappa shape index (κ1) is 33.2. The second kappa shape index (κ2) is 14.4. The minimum Gasteiger partial charge on any atom is -0.310 e. The highest BCUT2D eigenvalue weighted by molar-refractivity contribution is 6.07. The van der Waals surface area contributed by atoms with E-state index in [1.165, 1.54) is 54.6 Å². The molecule has 0 unspecified atom stereocenters. The van der Waals surface area contributed by atoms with E-state index >= 15 is 0 Å². The second-order valence-electron chi connectivity index (χ2n) is 14.2. The van der Waals surface area contributed by atoms with Crippen LogP contribution in [-0.4, -0.2) is 0 Å². The lowest BCUT2D eigenvalue weighted by molar-refractivity contribution is 1.29. The Balaban J connectivity index is 0.997. The van der Waals surface area contributed by atoms with Gasteiger partial charge in [-0.05, 0) is 140 Å². The van der Waals surface area contributed by atoms with Crippen molar-refractivity contribution in [1.29, 1.82) is 0 Å². The molecular formula is C54H38N2. The molecule has 2 nitrogen and oxygen atoms in total. The molecule has 0 N–H and O–H groups in total. The highest BCUT2D eigenvalue weighted by Gasteiger charge is 2.16. The highest BCUT2D eigenvalue weighted by atomic mass is 15.1. The van der Waals surface area contributed by atoms with Crippen LogP contribution in [0, 0.1) is 0 Å². The zero-order valence-electron chi connectivity index (χ0n) is 30.8. The Morgan fingerprint density at radius 3 is 0.875 bits per heavy atom. The predicted molar refractivity (Wildman–Crippen MR) is 239 cm³/mol. The largest absolute Gasteiger partial charge is 0.310 e. The van der Waals surface area contributed by atoms with Crippen LogP contribution in [0.25, 0.3) is 54.6 Å². The zero-order valence-corrected chi connectivity index (χ0v) is 30.8. The van der Waals surface area contributed by atoms with E-state index in [1.807, 2.05) is 0 Å². The number of hydrogen-bond donors (Lipinski definition) is 0. The van der Waals surface area contributed by atoms with Crippen molar-refractivity contribution < 1.29 is 0 Å². The summed E-state index contributed by atoms with van der Waals surface area (Å²) in [6.07, 6.45) is 0. The molecule has 0 saturated heterocycles. The van der Waals surface area contributed by atoms with E-state index < -0.39 is 0 Å². The van der Waals surface area contributed by atoms with Crippen LogP contribution in [0.1, 0.15) is 0 Å². The molecule has 0 radical (unpaired) electrons. The van der Waals surface area contributed by atoms with Gasteiger partial charge in [-0.3, -0.25) is 0 Å². The molecule has 0 saturated carbocycles. The van der Waals surface area contributed by atoms with E-state index in [9.17, 15) is 0 Å². The lowest BCUT2D eigenvalue weighted by Gasteiger charge is -2.25. The van der Waals surface area contributed by atoms with Gasteiger partial charge < -0.3 is 9.80 Å². The third-order valence-corrected chi connectivity index (χ3v) is 10.8. The van der Waals surface area contributed by atoms with Gasteiger partial charge in [0.25, 0.3) is 0 Å². The van der Waals surface area contributed by atoms with Crippen molar-refractivity contribution in [3.05, 3.63) is 231 Å². The molecule has 0 aromatic heterocycles. The van der Waals surface area contributed by atoms with Crippen molar-refractivity contribution in [2.75, 3.05) is 9.80 Å². The van der Waals surface area contributed by atoms with Gasteiger partial charge in [0, 0.05) is 34.1 Å². The van der Waals surface area contributed by atoms with Crippen LogP contribution in [0.3, 0.4) is 0 Å². The molecule has 0 fully saturated rings. The van der Waals surface area contributed by atoms with E-state index in [-0.39, 0.29) is 0 Å². The minimum absolute atomic E-state index is 1.13. The fourth-order valence-electron chi connectivity index (χ4n) is 8.08. The summed E-state index contributed by atoms with van der Waals surface area (Å²) >= 11 is 0. The number of nitrogens with zero attached hydrogens (tertiary/aromatic N) is 2. The molecule has 0 heterocycles. The van der Waals surface area contributed by atoms with Crippen LogP contribution < -0.4 is 9.80 Å². The molecule has 10 rings (SSSR count). The molecule has 10 aromatic rings. The van der Waals surface area contributed by atoms with Gasteiger partial charge in [-0.1, -0.05) is 146 Å². The van der Waals surface area contributed by atoms with Crippen molar-refractivity contribution in [2.24, 2.45) is 0 Å². The van der Waals surface area contributed by atoms with Gasteiger partial charge in [-0.2, -0.15) is 0 Å². The average Bonchev–Trinajstić information content (AvgIpc) is 3.27. The summed E-state index contributed by atoms with van der Waals surface area (Å²) in [4.78, 5) is 4.63. The topological polar surface area (TPSA) is 6.48 Å². The first-order chi connectivity index (χ1) is 27.8. The Kier molecular flexibility index (Phi) is 8.55. The van der Waals surface area contributed by atoms with Gasteiger partial charge in [0.15, 0.2) is 0 Å². The maximum absolute atomic E-state index is 2.33. The van der Waals surface area contributed by atoms with E-state index in [4.69, 9.17) is 0 Å². The van der Waals surface area contributed by atoms with Crippen LogP contribution in [0.2, 0.25) is 0 Å². The van der Waals surface area contributed by atoms with Gasteiger partial charge in [0.2, 0.25) is 0 Å². The fourth-order valence-corrected chi connectivity index (χ4v) is 8.08. The van der Waals surface area contributed by atoms with Crippen molar-refractivity contribution in [2.45, 2.75) is 0 Å². The van der Waals surface area contributed by atoms with Crippen molar-refractivity contribution in [1.82, 2.24) is 0 Å². The predicted octanol–water partition coefficient (Wildman–Crippen LogP) is 15.4. The van der Waals surface area contributed by atoms with Crippen LogP contribution >= 0.6 is 0 Å². The molecule has 0 amide bonds. The Labute approximate surface area is 327 Å². The van der Waals surface area contributed by atoms with Crippen LogP contribution in [0.15, 0.2) is 231 Å². The van der Waals surface area contributed by atoms with Crippen molar-refractivity contribution in [3.8, 4) is 22.3 Å². The van der Waals surface area contributed by atoms with Crippen molar-refractivity contribution in [3.63, 3.8) is 0 Å². The maximum atomic E-state index is 2.33. The number of rotatable bonds is 8. The third-order valence-electron chi connectivity index (χ3n) is 10.8. The van der Waals surface area contributed by atoms with E-state index in [0.717, 1.165) is 34.1 Å². The standard InChI is InChI=1S/C54H38N2/c1-5-15-45(16-6-1)55(46-17-7-2-8-18-46)49-31-29-39-35-43(27-25-41(39)37-49)51-33-34-52(54-24-14-13-23-53(51)54)44-28-26-42-38-50(32-30-40(42)36-44)56(47-19-9-3-10-20-47)48-21-11-4-12-22-48/h1-38H. The molecule has 0 atom stereocenters. The minimum atomic E-state index is 1.13. The number of fused-ring (bicyclic) bond motifs is 3. The summed E-state index contributed by atoms with van der Waals surface area (Å²) in [5, 5.41) is 7.34. The van der Waals surface area contributed by atoms with Gasteiger partial charge >= 0.3 is 0 Å². The third kappa shape index (κ3) is 6.24. The SMILES string of the molecule is c1ccc(N(c2ccccc2)c2ccc3cc(-c4ccc(-c5ccc6cc(N(c7ccccc7)c7ccccc7)ccc6c5)c5ccccc45)ccc3c2)cc1. The van der Waals surface area contributed by atoms with Gasteiger partial charge in [0.1, 0.15) is 0 Å². The van der Waals surface area contributed by atoms with Gasteiger partial charge in [0.05, 0.1) is 0 Å². The summed E-state index contributed by atoms with van der Waals surface area (Å²) in [5.74, 6) is 0. The number of benzene rings is 10. The van der Waals surface area contributed by atoms with Crippen LogP contribution in [0.4, 0.5) is 34.1 Å². The first-order valence-electron chi connectivity index (χ1n) is 19.2. The molecule has 264 valence electrons. The molecule has 0 aliphatic carbocycles. The van der Waals surface area contributed by atoms with Crippen LogP contribution in [0.5, 0.6) is 0 Å². The summed E-state index contributed by atoms with van der Waals surface area (Å²) < 4.78 is 0. The summed E-state index contributed by atoms with van der Waals surface area (Å²) in [6, 6.07) is 83.0. The van der Waals surface area contributed by atoms with E-state index in [1.54, 1.807) is 0 Å². The quantitative estimate of drug-likeness (QED) is 0.155. The Morgan fingerprint density at radius 2 is 0.518 bits per heavy atom. The maximum Gasteiger partial charge on any atom is 0.0468 e. The molecule has 0 aliphatic heterocycles. The summed E-state index contributed by atoms with van der Waals surface area (Å²) in [6.45, 7) is 0. The first-order valence-corrected chi connectivity index (χ1v) is 19.2. The molecular weight excluding hydrogens is 677 g/mol. The zero-order chi connectivity index (χ0) is 37.3. The number of para-hydroxylation sites is 4. The number of hydrogen-bond acceptors (Lipinski definition) is 2. The molecule has 56 heavy (non-hydrogen) atoms. The summed E-state index contributed by atoms with van der Waals surface area (Å²) in [7, 11) is 0. The average molecular weight is 715 g/mol. The Bertz CT molecular complexity index is 2680. The van der Waals surface area contributed by atoms with Crippen LogP contribution in [-0.2, 0) is 0 Å². The van der Waals surface area contributed by atoms with Crippen molar-refractivity contribution >= 4 is 66.4 Å². The summed E-state index contributed by atoms with van der Waals surface area (Å²) in [5.41, 5.74) is 11.7. The molecule has 0 aliphatic rings. The fraction of sp³-hybridized carbons (Fsp3) is 0. The molecule has 10 aromatic carbocycles. The molecule has 0 spiro atoms. The smallest absolute Gasteiger partial charge is 0.0468 e. The molecule has 2 heteroatoms. The normalized spacial score (nSPS) is 11.2. The van der Waals surface area contributed by atoms with E-state index in [0.29, 0.717) is 0 Å². The highest BCUT2D eigenvalue weighted by Crippen LogP contribution is 2.41. The lowest BCUT2D eigenvalue weighted by Crippen LogP contribution is -2.09. The monoisotopic (exact) mass is 714 g/mol. The van der Waals surface area contributed by atoms with Gasteiger partial charge in [-0.15, -0.1) is 0 Å². The molecule has 0 bridgehead atoms.